The molecule has 0 radical (unpaired) electrons. The fourth-order valence-electron chi connectivity index (χ4n) is 2.89. The number of nitrogens with zero attached hydrogens (tertiary/aromatic N) is 1. The van der Waals surface area contributed by atoms with E-state index in [1.807, 2.05) is 0 Å². The Morgan fingerprint density at radius 2 is 2.11 bits per heavy atom. The summed E-state index contributed by atoms with van der Waals surface area (Å²) >= 11 is 6.34. The van der Waals surface area contributed by atoms with Gasteiger partial charge in [0.05, 0.1) is 30.9 Å². The van der Waals surface area contributed by atoms with Crippen LogP contribution < -0.4 is 5.32 Å². The van der Waals surface area contributed by atoms with Crippen molar-refractivity contribution in [1.29, 1.82) is 0 Å². The number of ether oxygens (including phenoxy) is 1. The van der Waals surface area contributed by atoms with Gasteiger partial charge in [0.25, 0.3) is 5.91 Å². The molecule has 3 rings (SSSR count). The van der Waals surface area contributed by atoms with Gasteiger partial charge < -0.3 is 29.6 Å². The van der Waals surface area contributed by atoms with Crippen LogP contribution in [0.1, 0.15) is 5.76 Å². The molecule has 0 aliphatic carbocycles. The number of nitrogens with one attached hydrogen (secondary N) is 1. The Morgan fingerprint density at radius 1 is 1.32 bits per heavy atom. The van der Waals surface area contributed by atoms with Crippen LogP contribution in [0.3, 0.4) is 0 Å². The van der Waals surface area contributed by atoms with E-state index in [0.717, 1.165) is 0 Å². The van der Waals surface area contributed by atoms with Gasteiger partial charge in [0.2, 0.25) is 0 Å². The van der Waals surface area contributed by atoms with E-state index in [1.165, 1.54) is 12.0 Å². The van der Waals surface area contributed by atoms with Gasteiger partial charge in [-0.05, 0) is 30.3 Å². The molecule has 2 aromatic rings. The number of methoxy groups -OCH3 is 1. The van der Waals surface area contributed by atoms with Crippen molar-refractivity contribution < 1.29 is 29.0 Å². The molecule has 0 bridgehead atoms. The highest BCUT2D eigenvalue weighted by Gasteiger charge is 2.34. The summed E-state index contributed by atoms with van der Waals surface area (Å²) in [5.74, 6) is -0.109. The van der Waals surface area contributed by atoms with Crippen LogP contribution in [0.15, 0.2) is 46.0 Å². The first-order valence-electron chi connectivity index (χ1n) is 8.46. The average Bonchev–Trinajstić information content (AvgIpc) is 3.28. The predicted molar refractivity (Wildman–Crippen MR) is 101 cm³/mol. The highest BCUT2D eigenvalue weighted by atomic mass is 35.5. The second-order valence-electron chi connectivity index (χ2n) is 6.04. The van der Waals surface area contributed by atoms with E-state index in [4.69, 9.17) is 31.0 Å². The minimum Gasteiger partial charge on any atom is -0.466 e. The molecule has 0 fully saturated rings. The molecule has 1 aliphatic rings. The number of β-amino-alcohol motifs (C(OH)–C–C–N with tert-alkyl or cyclic N) is 1. The number of hydrogen-bond acceptors (Lipinski definition) is 7. The van der Waals surface area contributed by atoms with Crippen LogP contribution in [-0.4, -0.2) is 53.8 Å². The Balaban J connectivity index is 1.88. The van der Waals surface area contributed by atoms with E-state index in [9.17, 15) is 9.59 Å². The largest absolute Gasteiger partial charge is 0.466 e. The molecular formula is C19H19ClN2O6. The lowest BCUT2D eigenvalue weighted by molar-refractivity contribution is -0.136. The molecule has 28 heavy (non-hydrogen) atoms. The summed E-state index contributed by atoms with van der Waals surface area (Å²) < 4.78 is 10.2. The molecule has 3 N–H and O–H groups in total. The fraction of sp³-hybridized carbons (Fsp3) is 0.263. The number of rotatable bonds is 7. The normalized spacial score (nSPS) is 14.0. The fourth-order valence-corrected chi connectivity index (χ4v) is 3.17. The number of anilines is 1. The molecule has 1 aromatic carbocycles. The Hall–Kier alpha value is -2.81. The second-order valence-corrected chi connectivity index (χ2v) is 6.45. The topological polar surface area (TPSA) is 112 Å². The maximum Gasteiger partial charge on any atom is 0.337 e. The van der Waals surface area contributed by atoms with Gasteiger partial charge in [-0.15, -0.1) is 0 Å². The Kier molecular flexibility index (Phi) is 6.03. The number of carbonyl (C=O) groups excluding carboxylic acids is 2. The predicted octanol–water partition coefficient (Wildman–Crippen LogP) is 1.77. The summed E-state index contributed by atoms with van der Waals surface area (Å²) in [6.45, 7) is -0.270. The van der Waals surface area contributed by atoms with Crippen molar-refractivity contribution in [3.63, 3.8) is 0 Å². The third-order valence-electron chi connectivity index (χ3n) is 4.27. The first-order chi connectivity index (χ1) is 13.5. The molecule has 0 atom stereocenters. The number of halogens is 1. The Labute approximate surface area is 166 Å². The van der Waals surface area contributed by atoms with Crippen molar-refractivity contribution in [3.8, 4) is 11.3 Å². The summed E-state index contributed by atoms with van der Waals surface area (Å²) in [6.07, 6.45) is 0. The number of amides is 1. The molecule has 0 saturated heterocycles. The number of esters is 1. The second kappa shape index (κ2) is 8.47. The van der Waals surface area contributed by atoms with Crippen LogP contribution in [0, 0.1) is 0 Å². The third-order valence-corrected chi connectivity index (χ3v) is 4.59. The molecule has 9 heteroatoms. The molecule has 1 aromatic heterocycles. The van der Waals surface area contributed by atoms with Gasteiger partial charge in [0, 0.05) is 17.8 Å². The third kappa shape index (κ3) is 3.89. The van der Waals surface area contributed by atoms with Crippen molar-refractivity contribution in [1.82, 2.24) is 4.90 Å². The number of hydrogen-bond donors (Lipinski definition) is 3. The van der Waals surface area contributed by atoms with Gasteiger partial charge in [-0.1, -0.05) is 11.6 Å². The smallest absolute Gasteiger partial charge is 0.337 e. The quantitative estimate of drug-likeness (QED) is 0.600. The summed E-state index contributed by atoms with van der Waals surface area (Å²) in [4.78, 5) is 25.9. The average molecular weight is 407 g/mol. The highest BCUT2D eigenvalue weighted by molar-refractivity contribution is 6.33. The van der Waals surface area contributed by atoms with Crippen LogP contribution >= 0.6 is 11.6 Å². The maximum absolute atomic E-state index is 12.6. The van der Waals surface area contributed by atoms with Gasteiger partial charge in [0.1, 0.15) is 23.8 Å². The van der Waals surface area contributed by atoms with Gasteiger partial charge >= 0.3 is 5.97 Å². The Bertz CT molecular complexity index is 936. The number of aliphatic hydroxyl groups is 2. The van der Waals surface area contributed by atoms with Gasteiger partial charge in [0.15, 0.2) is 0 Å². The molecule has 8 nitrogen and oxygen atoms in total. The van der Waals surface area contributed by atoms with Crippen molar-refractivity contribution >= 4 is 29.2 Å². The zero-order valence-electron chi connectivity index (χ0n) is 15.1. The Morgan fingerprint density at radius 3 is 2.71 bits per heavy atom. The SMILES string of the molecule is COC(=O)C1=C(Nc2ccc(-c3ccc(CO)o3)c(Cl)c2)C(=O)N(CCO)C1. The standard InChI is InChI=1S/C19H19ClN2O6/c1-27-19(26)14-9-22(6-7-23)18(25)17(14)21-11-2-4-13(15(20)8-11)16-5-3-12(10-24)28-16/h2-5,8,21,23-24H,6-7,9-10H2,1H3. The van der Waals surface area contributed by atoms with Crippen molar-refractivity contribution in [3.05, 3.63) is 52.4 Å². The van der Waals surface area contributed by atoms with E-state index in [1.54, 1.807) is 30.3 Å². The lowest BCUT2D eigenvalue weighted by Gasteiger charge is -2.15. The maximum atomic E-state index is 12.6. The van der Waals surface area contributed by atoms with E-state index >= 15 is 0 Å². The van der Waals surface area contributed by atoms with Crippen molar-refractivity contribution in [2.75, 3.05) is 32.1 Å². The number of carbonyl (C=O) groups is 2. The number of furan rings is 1. The summed E-state index contributed by atoms with van der Waals surface area (Å²) in [5.41, 5.74) is 1.39. The zero-order chi connectivity index (χ0) is 20.3. The minimum absolute atomic E-state index is 0.0521. The molecule has 0 spiro atoms. The summed E-state index contributed by atoms with van der Waals surface area (Å²) in [5, 5.41) is 21.5. The van der Waals surface area contributed by atoms with Gasteiger partial charge in [-0.25, -0.2) is 4.79 Å². The summed E-state index contributed by atoms with van der Waals surface area (Å²) in [7, 11) is 1.24. The van der Waals surface area contributed by atoms with Gasteiger partial charge in [-0.3, -0.25) is 4.79 Å². The van der Waals surface area contributed by atoms with Crippen LogP contribution in [-0.2, 0) is 20.9 Å². The van der Waals surface area contributed by atoms with Crippen LogP contribution in [0.5, 0.6) is 0 Å². The number of benzene rings is 1. The van der Waals surface area contributed by atoms with E-state index in [2.05, 4.69) is 5.32 Å². The molecule has 0 unspecified atom stereocenters. The lowest BCUT2D eigenvalue weighted by atomic mass is 10.1. The van der Waals surface area contributed by atoms with E-state index < -0.39 is 11.9 Å². The van der Waals surface area contributed by atoms with E-state index in [0.29, 0.717) is 27.8 Å². The minimum atomic E-state index is -0.619. The van der Waals surface area contributed by atoms with Crippen molar-refractivity contribution in [2.45, 2.75) is 6.61 Å². The summed E-state index contributed by atoms with van der Waals surface area (Å²) in [6, 6.07) is 8.34. The number of aliphatic hydroxyl groups excluding tert-OH is 2. The molecule has 1 amide bonds. The molecule has 148 valence electrons. The van der Waals surface area contributed by atoms with E-state index in [-0.39, 0.29) is 37.6 Å². The first kappa shape index (κ1) is 19.9. The molecule has 0 saturated carbocycles. The molecular weight excluding hydrogens is 388 g/mol. The van der Waals surface area contributed by atoms with Crippen LogP contribution in [0.2, 0.25) is 5.02 Å². The van der Waals surface area contributed by atoms with Crippen LogP contribution in [0.4, 0.5) is 5.69 Å². The molecule has 2 heterocycles. The van der Waals surface area contributed by atoms with Gasteiger partial charge in [-0.2, -0.15) is 0 Å². The van der Waals surface area contributed by atoms with Crippen LogP contribution in [0.25, 0.3) is 11.3 Å². The zero-order valence-corrected chi connectivity index (χ0v) is 15.8. The molecule has 1 aliphatic heterocycles. The highest BCUT2D eigenvalue weighted by Crippen LogP contribution is 2.33. The first-order valence-corrected chi connectivity index (χ1v) is 8.84. The van der Waals surface area contributed by atoms with Crippen molar-refractivity contribution in [2.24, 2.45) is 0 Å². The monoisotopic (exact) mass is 406 g/mol. The lowest BCUT2D eigenvalue weighted by Crippen LogP contribution is -2.31.